The molecular weight excluding hydrogens is 753 g/mol. The molecule has 0 aliphatic heterocycles. The summed E-state index contributed by atoms with van der Waals surface area (Å²) in [4.78, 5) is 42.8. The Morgan fingerprint density at radius 2 is 0.586 bits per heavy atom. The zero-order valence-corrected chi connectivity index (χ0v) is 35.8. The highest BCUT2D eigenvalue weighted by molar-refractivity contribution is 8.49. The first-order chi connectivity index (χ1) is 27.3. The highest BCUT2D eigenvalue weighted by Gasteiger charge is 2.50. The van der Waals surface area contributed by atoms with E-state index in [1.165, 1.54) is 0 Å². The van der Waals surface area contributed by atoms with Gasteiger partial charge in [-0.2, -0.15) is 9.16 Å². The lowest BCUT2D eigenvalue weighted by atomic mass is 10.2. The summed E-state index contributed by atoms with van der Waals surface area (Å²) in [6.07, 6.45) is 0. The molecule has 0 aromatic heterocycles. The summed E-state index contributed by atoms with van der Waals surface area (Å²) in [5.41, 5.74) is -1.92. The number of carbonyl (C=O) groups is 3. The first kappa shape index (κ1) is 43.4. The zero-order valence-electron chi connectivity index (χ0n) is 34.9. The molecule has 9 nitrogen and oxygen atoms in total. The van der Waals surface area contributed by atoms with Crippen LogP contribution in [-0.4, -0.2) is 54.5 Å². The third kappa shape index (κ3) is 10.0. The Balaban J connectivity index is 1.72. The lowest BCUT2D eigenvalue weighted by Crippen LogP contribution is -2.27. The van der Waals surface area contributed by atoms with Crippen LogP contribution in [0.5, 0.6) is 17.2 Å². The molecule has 0 saturated heterocycles. The molecule has 0 bridgehead atoms. The lowest BCUT2D eigenvalue weighted by Gasteiger charge is -2.63. The number of esters is 3. The SMILES string of the molecule is CC(C)(C)OC(=O)COc1ccc([SH](c2ccccc2)(c2ccccc2)(c2ccc(OCC(=O)OC(C)(C)C)cc2)c2ccc(OCC(=O)OC(C)(C)C)cc2)cc1. The molecule has 0 amide bonds. The Kier molecular flexibility index (Phi) is 13.0. The number of thiol groups is 1. The average molecular weight is 809 g/mol. The second-order valence-corrected chi connectivity index (χ2v) is 21.7. The van der Waals surface area contributed by atoms with Gasteiger partial charge in [0, 0.05) is 0 Å². The minimum atomic E-state index is -4.02. The fraction of sp³-hybridized carbons (Fsp3) is 0.312. The highest BCUT2D eigenvalue weighted by atomic mass is 32.3. The van der Waals surface area contributed by atoms with E-state index in [1.807, 2.05) is 135 Å². The molecule has 0 radical (unpaired) electrons. The molecule has 0 unspecified atom stereocenters. The van der Waals surface area contributed by atoms with E-state index in [0.717, 1.165) is 24.5 Å². The van der Waals surface area contributed by atoms with Gasteiger partial charge in [0.1, 0.15) is 34.1 Å². The minimum absolute atomic E-state index is 0.243. The summed E-state index contributed by atoms with van der Waals surface area (Å²) in [7, 11) is -4.02. The van der Waals surface area contributed by atoms with Crippen molar-refractivity contribution >= 4 is 27.1 Å². The molecule has 5 aromatic rings. The summed E-state index contributed by atoms with van der Waals surface area (Å²) in [5, 5.41) is 0. The van der Waals surface area contributed by atoms with E-state index in [4.69, 9.17) is 28.4 Å². The van der Waals surface area contributed by atoms with Crippen molar-refractivity contribution < 1.29 is 42.8 Å². The van der Waals surface area contributed by atoms with Gasteiger partial charge >= 0.3 is 17.9 Å². The van der Waals surface area contributed by atoms with Crippen molar-refractivity contribution in [3.63, 3.8) is 0 Å². The first-order valence-electron chi connectivity index (χ1n) is 19.3. The van der Waals surface area contributed by atoms with E-state index in [9.17, 15) is 14.4 Å². The van der Waals surface area contributed by atoms with Crippen LogP contribution in [0.4, 0.5) is 0 Å². The van der Waals surface area contributed by atoms with E-state index in [0.29, 0.717) is 17.2 Å². The average Bonchev–Trinajstić information content (AvgIpc) is 3.16. The van der Waals surface area contributed by atoms with Gasteiger partial charge in [-0.25, -0.2) is 14.4 Å². The normalized spacial score (nSPS) is 12.7. The van der Waals surface area contributed by atoms with E-state index in [-0.39, 0.29) is 19.8 Å². The third-order valence-electron chi connectivity index (χ3n) is 8.93. The van der Waals surface area contributed by atoms with Gasteiger partial charge in [-0.05, 0) is 160 Å². The van der Waals surface area contributed by atoms with Crippen molar-refractivity contribution in [2.45, 2.75) is 104 Å². The van der Waals surface area contributed by atoms with Gasteiger partial charge in [0.05, 0.1) is 0 Å². The molecule has 0 fully saturated rings. The van der Waals surface area contributed by atoms with Crippen LogP contribution in [0.3, 0.4) is 0 Å². The van der Waals surface area contributed by atoms with Gasteiger partial charge in [-0.3, -0.25) is 0 Å². The maximum Gasteiger partial charge on any atom is 0.344 e. The van der Waals surface area contributed by atoms with Gasteiger partial charge in [0.2, 0.25) is 0 Å². The maximum absolute atomic E-state index is 12.6. The van der Waals surface area contributed by atoms with Crippen LogP contribution in [0.2, 0.25) is 0 Å². The number of carbonyl (C=O) groups excluding carboxylic acids is 3. The van der Waals surface area contributed by atoms with E-state index in [1.54, 1.807) is 0 Å². The van der Waals surface area contributed by atoms with Crippen molar-refractivity contribution in [3.05, 3.63) is 133 Å². The summed E-state index contributed by atoms with van der Waals surface area (Å²) in [6, 6.07) is 44.4. The molecule has 0 spiro atoms. The molecule has 58 heavy (non-hydrogen) atoms. The molecule has 0 aliphatic rings. The number of rotatable bonds is 14. The molecule has 308 valence electrons. The van der Waals surface area contributed by atoms with Crippen molar-refractivity contribution in [2.24, 2.45) is 0 Å². The predicted molar refractivity (Wildman–Crippen MR) is 227 cm³/mol. The van der Waals surface area contributed by atoms with Crippen molar-refractivity contribution in [1.29, 1.82) is 0 Å². The first-order valence-corrected chi connectivity index (χ1v) is 21.5. The largest absolute Gasteiger partial charge is 0.482 e. The van der Waals surface area contributed by atoms with E-state index >= 15 is 0 Å². The Morgan fingerprint density at radius 3 is 0.810 bits per heavy atom. The van der Waals surface area contributed by atoms with E-state index < -0.39 is 43.9 Å². The number of ether oxygens (including phenoxy) is 6. The Morgan fingerprint density at radius 1 is 0.362 bits per heavy atom. The van der Waals surface area contributed by atoms with E-state index in [2.05, 4.69) is 60.7 Å². The van der Waals surface area contributed by atoms with Crippen LogP contribution in [0.25, 0.3) is 0 Å². The summed E-state index contributed by atoms with van der Waals surface area (Å²) in [5.74, 6) is 0.116. The second kappa shape index (κ2) is 17.4. The lowest BCUT2D eigenvalue weighted by molar-refractivity contribution is -0.158. The van der Waals surface area contributed by atoms with Crippen LogP contribution in [0.15, 0.2) is 158 Å². The molecule has 0 heterocycles. The quantitative estimate of drug-likeness (QED) is 0.0667. The van der Waals surface area contributed by atoms with Crippen molar-refractivity contribution in [2.75, 3.05) is 19.8 Å². The van der Waals surface area contributed by atoms with Gasteiger partial charge < -0.3 is 28.4 Å². The maximum atomic E-state index is 12.6. The Hall–Kier alpha value is -5.74. The van der Waals surface area contributed by atoms with Crippen LogP contribution < -0.4 is 14.2 Å². The molecule has 0 aliphatic carbocycles. The van der Waals surface area contributed by atoms with Gasteiger partial charge in [-0.15, -0.1) is 0 Å². The topological polar surface area (TPSA) is 107 Å². The fourth-order valence-electron chi connectivity index (χ4n) is 7.00. The molecule has 5 aromatic carbocycles. The molecular formula is C48H56O9S. The Bertz CT molecular complexity index is 1920. The second-order valence-electron chi connectivity index (χ2n) is 16.9. The molecule has 0 saturated carbocycles. The smallest absolute Gasteiger partial charge is 0.344 e. The van der Waals surface area contributed by atoms with Gasteiger partial charge in [0.25, 0.3) is 0 Å². The van der Waals surface area contributed by atoms with Crippen LogP contribution >= 0.6 is 9.16 Å². The summed E-state index contributed by atoms with van der Waals surface area (Å²) < 4.78 is 34.3. The Labute approximate surface area is 342 Å². The summed E-state index contributed by atoms with van der Waals surface area (Å²) in [6.45, 7) is 15.6. The minimum Gasteiger partial charge on any atom is -0.482 e. The zero-order chi connectivity index (χ0) is 42.2. The van der Waals surface area contributed by atoms with Crippen molar-refractivity contribution in [1.82, 2.24) is 0 Å². The van der Waals surface area contributed by atoms with Gasteiger partial charge in [-0.1, -0.05) is 60.7 Å². The fourth-order valence-corrected chi connectivity index (χ4v) is 13.8. The number of hydrogen-bond acceptors (Lipinski definition) is 9. The van der Waals surface area contributed by atoms with Crippen LogP contribution in [0.1, 0.15) is 62.3 Å². The van der Waals surface area contributed by atoms with Crippen molar-refractivity contribution in [3.8, 4) is 17.2 Å². The summed E-state index contributed by atoms with van der Waals surface area (Å²) >= 11 is 0. The van der Waals surface area contributed by atoms with Crippen LogP contribution in [-0.2, 0) is 28.6 Å². The molecule has 0 N–H and O–H groups in total. The number of hydrogen-bond donors (Lipinski definition) is 1. The third-order valence-corrected chi connectivity index (χ3v) is 15.6. The monoisotopic (exact) mass is 808 g/mol. The highest BCUT2D eigenvalue weighted by Crippen LogP contribution is 2.94. The standard InChI is InChI=1S/C48H56O9S/c1-46(2,3)55-43(49)32-52-35-20-26-40(27-21-35)58(38-16-12-10-13-17-38,39-18-14-11-15-19-39,41-28-22-36(23-29-41)53-33-44(50)56-47(4,5)6)42-30-24-37(25-31-42)54-34-45(51)57-48(7,8)9/h10-31,58H,32-34H2,1-9H3. The van der Waals surface area contributed by atoms with Crippen LogP contribution in [0, 0.1) is 0 Å². The molecule has 10 heteroatoms. The predicted octanol–water partition coefficient (Wildman–Crippen LogP) is 10.5. The van der Waals surface area contributed by atoms with Gasteiger partial charge in [0.15, 0.2) is 19.8 Å². The number of benzene rings is 5. The molecule has 5 rings (SSSR count). The molecule has 0 atom stereocenters.